The Morgan fingerprint density at radius 2 is 2.12 bits per heavy atom. The van der Waals surface area contributed by atoms with Crippen molar-refractivity contribution in [3.8, 4) is 0 Å². The summed E-state index contributed by atoms with van der Waals surface area (Å²) in [7, 11) is -3.19. The summed E-state index contributed by atoms with van der Waals surface area (Å²) in [6, 6.07) is 1.76. The highest BCUT2D eigenvalue weighted by Crippen LogP contribution is 2.23. The molecule has 0 aliphatic rings. The van der Waals surface area contributed by atoms with Gasteiger partial charge in [-0.2, -0.15) is 0 Å². The Morgan fingerprint density at radius 1 is 1.50 bits per heavy atom. The van der Waals surface area contributed by atoms with Gasteiger partial charge in [0.05, 0.1) is 12.4 Å². The number of hydrogen-bond acceptors (Lipinski definition) is 4. The normalized spacial score (nSPS) is 14.0. The van der Waals surface area contributed by atoms with Gasteiger partial charge in [-0.25, -0.2) is 13.1 Å². The molecular formula is C10H17NO4S. The summed E-state index contributed by atoms with van der Waals surface area (Å²) in [4.78, 5) is 0. The van der Waals surface area contributed by atoms with Crippen LogP contribution in [-0.2, 0) is 10.0 Å². The van der Waals surface area contributed by atoms with Gasteiger partial charge in [-0.1, -0.05) is 0 Å². The molecule has 0 amide bonds. The van der Waals surface area contributed by atoms with Crippen LogP contribution in [-0.4, -0.2) is 26.3 Å². The van der Waals surface area contributed by atoms with Gasteiger partial charge in [0.1, 0.15) is 11.5 Å². The maximum Gasteiger partial charge on any atom is 0.208 e. The van der Waals surface area contributed by atoms with Gasteiger partial charge >= 0.3 is 0 Å². The lowest BCUT2D eigenvalue weighted by molar-refractivity contribution is 0.167. The second kappa shape index (κ2) is 4.99. The number of aliphatic hydroxyl groups is 1. The Morgan fingerprint density at radius 3 is 2.56 bits per heavy atom. The molecule has 0 saturated carbocycles. The Bertz CT molecular complexity index is 449. The quantitative estimate of drug-likeness (QED) is 0.809. The third kappa shape index (κ3) is 3.96. The van der Waals surface area contributed by atoms with Gasteiger partial charge in [0.2, 0.25) is 10.0 Å². The minimum Gasteiger partial charge on any atom is -0.466 e. The number of sulfonamides is 1. The SMILES string of the molecule is Cc1cc(C(O)CCNS(C)(=O)=O)c(C)o1. The predicted octanol–water partition coefficient (Wildman–Crippen LogP) is 0.869. The zero-order valence-electron chi connectivity index (χ0n) is 9.65. The van der Waals surface area contributed by atoms with E-state index in [-0.39, 0.29) is 6.54 Å². The second-order valence-electron chi connectivity index (χ2n) is 3.84. The zero-order chi connectivity index (χ0) is 12.3. The summed E-state index contributed by atoms with van der Waals surface area (Å²) in [6.07, 6.45) is 0.714. The van der Waals surface area contributed by atoms with E-state index >= 15 is 0 Å². The van der Waals surface area contributed by atoms with Crippen LogP contribution in [0.5, 0.6) is 0 Å². The first-order chi connectivity index (χ1) is 7.29. The Labute approximate surface area is 95.5 Å². The highest BCUT2D eigenvalue weighted by molar-refractivity contribution is 7.88. The predicted molar refractivity (Wildman–Crippen MR) is 60.6 cm³/mol. The number of nitrogens with one attached hydrogen (secondary N) is 1. The number of furan rings is 1. The van der Waals surface area contributed by atoms with Crippen LogP contribution in [0.3, 0.4) is 0 Å². The van der Waals surface area contributed by atoms with E-state index in [0.29, 0.717) is 17.7 Å². The van der Waals surface area contributed by atoms with Gasteiger partial charge in [0.25, 0.3) is 0 Å². The van der Waals surface area contributed by atoms with Crippen LogP contribution in [0.2, 0.25) is 0 Å². The summed E-state index contributed by atoms with van der Waals surface area (Å²) in [5.41, 5.74) is 0.716. The fourth-order valence-corrected chi connectivity index (χ4v) is 2.01. The van der Waals surface area contributed by atoms with Crippen molar-refractivity contribution in [2.45, 2.75) is 26.4 Å². The third-order valence-electron chi connectivity index (χ3n) is 2.22. The van der Waals surface area contributed by atoms with Crippen LogP contribution in [0.1, 0.15) is 29.6 Å². The van der Waals surface area contributed by atoms with Crippen molar-refractivity contribution in [1.29, 1.82) is 0 Å². The number of rotatable bonds is 5. The van der Waals surface area contributed by atoms with Crippen molar-refractivity contribution >= 4 is 10.0 Å². The molecule has 1 heterocycles. The monoisotopic (exact) mass is 247 g/mol. The molecule has 0 radical (unpaired) electrons. The maximum absolute atomic E-state index is 10.8. The van der Waals surface area contributed by atoms with Crippen LogP contribution in [0.15, 0.2) is 10.5 Å². The molecule has 92 valence electrons. The van der Waals surface area contributed by atoms with Gasteiger partial charge in [-0.3, -0.25) is 0 Å². The molecular weight excluding hydrogens is 230 g/mol. The number of hydrogen-bond donors (Lipinski definition) is 2. The first kappa shape index (κ1) is 13.2. The van der Waals surface area contributed by atoms with Crippen molar-refractivity contribution in [2.75, 3.05) is 12.8 Å². The summed E-state index contributed by atoms with van der Waals surface area (Å²) < 4.78 is 29.2. The van der Waals surface area contributed by atoms with Crippen LogP contribution < -0.4 is 4.72 Å². The zero-order valence-corrected chi connectivity index (χ0v) is 10.5. The molecule has 0 aromatic carbocycles. The van der Waals surface area contributed by atoms with E-state index in [1.165, 1.54) is 0 Å². The standard InChI is InChI=1S/C10H17NO4S/c1-7-6-9(8(2)15-7)10(12)4-5-11-16(3,13)14/h6,10-12H,4-5H2,1-3H3. The van der Waals surface area contributed by atoms with E-state index in [9.17, 15) is 13.5 Å². The Balaban J connectivity index is 2.53. The lowest BCUT2D eigenvalue weighted by atomic mass is 10.1. The summed E-state index contributed by atoms with van der Waals surface area (Å²) in [6.45, 7) is 3.79. The average Bonchev–Trinajstić information content (AvgIpc) is 2.43. The first-order valence-corrected chi connectivity index (χ1v) is 6.88. The van der Waals surface area contributed by atoms with Crippen LogP contribution in [0.25, 0.3) is 0 Å². The first-order valence-electron chi connectivity index (χ1n) is 4.99. The molecule has 1 aromatic heterocycles. The van der Waals surface area contributed by atoms with E-state index in [2.05, 4.69) is 4.72 Å². The highest BCUT2D eigenvalue weighted by atomic mass is 32.2. The molecule has 5 nitrogen and oxygen atoms in total. The van der Waals surface area contributed by atoms with E-state index < -0.39 is 16.1 Å². The van der Waals surface area contributed by atoms with Gasteiger partial charge in [-0.15, -0.1) is 0 Å². The van der Waals surface area contributed by atoms with Crippen LogP contribution >= 0.6 is 0 Å². The van der Waals surface area contributed by atoms with Crippen molar-refractivity contribution in [1.82, 2.24) is 4.72 Å². The van der Waals surface area contributed by atoms with E-state index in [1.807, 2.05) is 0 Å². The van der Waals surface area contributed by atoms with E-state index in [4.69, 9.17) is 4.42 Å². The molecule has 1 aromatic rings. The second-order valence-corrected chi connectivity index (χ2v) is 5.67. The van der Waals surface area contributed by atoms with Gasteiger partial charge in [0.15, 0.2) is 0 Å². The Kier molecular flexibility index (Phi) is 4.12. The van der Waals surface area contributed by atoms with Gasteiger partial charge in [-0.05, 0) is 26.3 Å². The van der Waals surface area contributed by atoms with Crippen molar-refractivity contribution in [3.63, 3.8) is 0 Å². The van der Waals surface area contributed by atoms with Crippen molar-refractivity contribution in [3.05, 3.63) is 23.2 Å². The molecule has 1 atom stereocenters. The molecule has 6 heteroatoms. The van der Waals surface area contributed by atoms with Crippen LogP contribution in [0.4, 0.5) is 0 Å². The molecule has 0 aliphatic heterocycles. The van der Waals surface area contributed by atoms with Crippen LogP contribution in [0, 0.1) is 13.8 Å². The topological polar surface area (TPSA) is 79.5 Å². The largest absolute Gasteiger partial charge is 0.466 e. The van der Waals surface area contributed by atoms with E-state index in [1.54, 1.807) is 19.9 Å². The highest BCUT2D eigenvalue weighted by Gasteiger charge is 2.14. The molecule has 0 spiro atoms. The smallest absolute Gasteiger partial charge is 0.208 e. The molecule has 1 unspecified atom stereocenters. The lowest BCUT2D eigenvalue weighted by Crippen LogP contribution is -2.24. The number of aliphatic hydroxyl groups excluding tert-OH is 1. The fraction of sp³-hybridized carbons (Fsp3) is 0.600. The minimum absolute atomic E-state index is 0.212. The molecule has 16 heavy (non-hydrogen) atoms. The van der Waals surface area contributed by atoms with Crippen molar-refractivity contribution in [2.24, 2.45) is 0 Å². The molecule has 2 N–H and O–H groups in total. The fourth-order valence-electron chi connectivity index (χ4n) is 1.52. The number of aryl methyl sites for hydroxylation is 2. The average molecular weight is 247 g/mol. The molecule has 1 rings (SSSR count). The third-order valence-corrected chi connectivity index (χ3v) is 2.95. The minimum atomic E-state index is -3.19. The molecule has 0 bridgehead atoms. The Hall–Kier alpha value is -0.850. The van der Waals surface area contributed by atoms with Gasteiger partial charge in [0, 0.05) is 12.1 Å². The maximum atomic E-state index is 10.8. The molecule has 0 aliphatic carbocycles. The lowest BCUT2D eigenvalue weighted by Gasteiger charge is -2.09. The summed E-state index contributed by atoms with van der Waals surface area (Å²) in [5.74, 6) is 1.41. The molecule has 0 saturated heterocycles. The summed E-state index contributed by atoms with van der Waals surface area (Å²) in [5, 5.41) is 9.82. The van der Waals surface area contributed by atoms with Crippen molar-refractivity contribution < 1.29 is 17.9 Å². The summed E-state index contributed by atoms with van der Waals surface area (Å²) >= 11 is 0. The van der Waals surface area contributed by atoms with Gasteiger partial charge < -0.3 is 9.52 Å². The van der Waals surface area contributed by atoms with E-state index in [0.717, 1.165) is 12.0 Å². The molecule has 0 fully saturated rings.